The van der Waals surface area contributed by atoms with Gasteiger partial charge >= 0.3 is 0 Å². The Morgan fingerprint density at radius 1 is 0.643 bits per heavy atom. The fraction of sp³-hybridized carbons (Fsp3) is 0.100. The Labute approximate surface area is 165 Å². The van der Waals surface area contributed by atoms with E-state index in [1.807, 2.05) is 26.0 Å². The van der Waals surface area contributed by atoms with E-state index in [1.165, 1.54) is 36.4 Å². The van der Waals surface area contributed by atoms with Crippen molar-refractivity contribution in [2.24, 2.45) is 0 Å². The van der Waals surface area contributed by atoms with Gasteiger partial charge in [-0.25, -0.2) is 16.8 Å². The normalized spacial score (nSPS) is 11.8. The molecule has 0 amide bonds. The Hall–Kier alpha value is -2.84. The molecule has 146 valence electrons. The summed E-state index contributed by atoms with van der Waals surface area (Å²) in [4.78, 5) is 0.165. The summed E-state index contributed by atoms with van der Waals surface area (Å²) in [5.74, 6) is 0. The van der Waals surface area contributed by atoms with Crippen LogP contribution in [-0.2, 0) is 20.0 Å². The molecule has 0 spiro atoms. The number of hydrogen-bond donors (Lipinski definition) is 2. The van der Waals surface area contributed by atoms with E-state index in [0.717, 1.165) is 11.1 Å². The predicted octanol–water partition coefficient (Wildman–Crippen LogP) is 3.91. The van der Waals surface area contributed by atoms with Crippen LogP contribution in [0.2, 0.25) is 0 Å². The van der Waals surface area contributed by atoms with Gasteiger partial charge in [0.05, 0.1) is 15.5 Å². The minimum absolute atomic E-state index is 0.0372. The molecule has 0 heterocycles. The standard InChI is InChI=1S/C20H20N2O4S2/c1-15-8-13-20(16(2)14-15)22-28(25,26)19-11-9-17(10-12-19)21-27(23,24)18-6-4-3-5-7-18/h3-14,21-22H,1-2H3. The molecule has 0 aliphatic heterocycles. The van der Waals surface area contributed by atoms with Crippen molar-refractivity contribution >= 4 is 31.4 Å². The molecule has 3 aromatic rings. The molecule has 0 unspecified atom stereocenters. The highest BCUT2D eigenvalue weighted by molar-refractivity contribution is 7.93. The fourth-order valence-electron chi connectivity index (χ4n) is 2.65. The van der Waals surface area contributed by atoms with Crippen LogP contribution in [0.1, 0.15) is 11.1 Å². The molecule has 8 heteroatoms. The number of aryl methyl sites for hydroxylation is 2. The highest BCUT2D eigenvalue weighted by Gasteiger charge is 2.17. The van der Waals surface area contributed by atoms with Gasteiger partial charge in [0, 0.05) is 5.69 Å². The number of rotatable bonds is 6. The van der Waals surface area contributed by atoms with Crippen LogP contribution in [0.15, 0.2) is 82.6 Å². The zero-order valence-corrected chi connectivity index (χ0v) is 17.0. The number of nitrogens with one attached hydrogen (secondary N) is 2. The maximum atomic E-state index is 12.6. The largest absolute Gasteiger partial charge is 0.280 e. The minimum Gasteiger partial charge on any atom is -0.280 e. The molecule has 0 aliphatic carbocycles. The lowest BCUT2D eigenvalue weighted by atomic mass is 10.1. The molecule has 0 saturated carbocycles. The van der Waals surface area contributed by atoms with E-state index in [9.17, 15) is 16.8 Å². The second kappa shape index (κ2) is 7.65. The molecule has 3 aromatic carbocycles. The molecule has 0 aromatic heterocycles. The molecule has 0 atom stereocenters. The molecule has 28 heavy (non-hydrogen) atoms. The van der Waals surface area contributed by atoms with Gasteiger partial charge in [0.1, 0.15) is 0 Å². The van der Waals surface area contributed by atoms with Gasteiger partial charge in [-0.1, -0.05) is 35.9 Å². The van der Waals surface area contributed by atoms with E-state index in [1.54, 1.807) is 24.3 Å². The van der Waals surface area contributed by atoms with Crippen LogP contribution in [0.4, 0.5) is 11.4 Å². The second-order valence-electron chi connectivity index (χ2n) is 6.37. The molecular weight excluding hydrogens is 396 g/mol. The maximum absolute atomic E-state index is 12.6. The van der Waals surface area contributed by atoms with Gasteiger partial charge in [0.25, 0.3) is 20.0 Å². The first kappa shape index (κ1) is 19.9. The van der Waals surface area contributed by atoms with Gasteiger partial charge in [0.15, 0.2) is 0 Å². The van der Waals surface area contributed by atoms with Crippen molar-refractivity contribution in [1.29, 1.82) is 0 Å². The lowest BCUT2D eigenvalue weighted by molar-refractivity contribution is 0.600. The third-order valence-electron chi connectivity index (χ3n) is 4.10. The van der Waals surface area contributed by atoms with Crippen molar-refractivity contribution < 1.29 is 16.8 Å². The minimum atomic E-state index is -3.79. The number of sulfonamides is 2. The van der Waals surface area contributed by atoms with Gasteiger partial charge in [-0.2, -0.15) is 0 Å². The monoisotopic (exact) mass is 416 g/mol. The number of hydrogen-bond acceptors (Lipinski definition) is 4. The summed E-state index contributed by atoms with van der Waals surface area (Å²) in [5, 5.41) is 0. The van der Waals surface area contributed by atoms with Crippen molar-refractivity contribution in [2.75, 3.05) is 9.44 Å². The molecule has 0 fully saturated rings. The van der Waals surface area contributed by atoms with Crippen LogP contribution in [0.3, 0.4) is 0 Å². The van der Waals surface area contributed by atoms with Crippen LogP contribution in [0, 0.1) is 13.8 Å². The van der Waals surface area contributed by atoms with E-state index in [-0.39, 0.29) is 15.5 Å². The summed E-state index contributed by atoms with van der Waals surface area (Å²) in [5.41, 5.74) is 2.63. The molecule has 0 aliphatic rings. The van der Waals surface area contributed by atoms with Crippen LogP contribution in [0.25, 0.3) is 0 Å². The molecule has 6 nitrogen and oxygen atoms in total. The van der Waals surface area contributed by atoms with Crippen LogP contribution in [-0.4, -0.2) is 16.8 Å². The van der Waals surface area contributed by atoms with Gasteiger partial charge in [0.2, 0.25) is 0 Å². The maximum Gasteiger partial charge on any atom is 0.261 e. The summed E-state index contributed by atoms with van der Waals surface area (Å²) >= 11 is 0. The molecule has 3 rings (SSSR count). The average Bonchev–Trinajstić information content (AvgIpc) is 2.65. The van der Waals surface area contributed by atoms with E-state index in [0.29, 0.717) is 5.69 Å². The van der Waals surface area contributed by atoms with E-state index < -0.39 is 20.0 Å². The molecular formula is C20H20N2O4S2. The van der Waals surface area contributed by atoms with Crippen LogP contribution >= 0.6 is 0 Å². The first-order chi connectivity index (χ1) is 13.2. The average molecular weight is 417 g/mol. The second-order valence-corrected chi connectivity index (χ2v) is 9.73. The van der Waals surface area contributed by atoms with Gasteiger partial charge in [-0.15, -0.1) is 0 Å². The van der Waals surface area contributed by atoms with Gasteiger partial charge in [-0.3, -0.25) is 9.44 Å². The van der Waals surface area contributed by atoms with Crippen molar-refractivity contribution in [3.05, 3.63) is 83.9 Å². The first-order valence-corrected chi connectivity index (χ1v) is 11.4. The smallest absolute Gasteiger partial charge is 0.261 e. The Bertz CT molecular complexity index is 1190. The lowest BCUT2D eigenvalue weighted by Crippen LogP contribution is -2.15. The molecule has 2 N–H and O–H groups in total. The van der Waals surface area contributed by atoms with E-state index in [2.05, 4.69) is 9.44 Å². The Kier molecular flexibility index (Phi) is 5.44. The molecule has 0 radical (unpaired) electrons. The Balaban J connectivity index is 1.80. The van der Waals surface area contributed by atoms with Crippen molar-refractivity contribution in [3.8, 4) is 0 Å². The van der Waals surface area contributed by atoms with Gasteiger partial charge in [-0.05, 0) is 61.9 Å². The third-order valence-corrected chi connectivity index (χ3v) is 6.88. The van der Waals surface area contributed by atoms with Crippen LogP contribution in [0.5, 0.6) is 0 Å². The summed E-state index contributed by atoms with van der Waals surface area (Å²) in [6.07, 6.45) is 0. The summed E-state index contributed by atoms with van der Waals surface area (Å²) < 4.78 is 54.9. The van der Waals surface area contributed by atoms with E-state index >= 15 is 0 Å². The fourth-order valence-corrected chi connectivity index (χ4v) is 4.86. The summed E-state index contributed by atoms with van der Waals surface area (Å²) in [6, 6.07) is 18.9. The quantitative estimate of drug-likeness (QED) is 0.637. The first-order valence-electron chi connectivity index (χ1n) is 8.45. The third kappa shape index (κ3) is 4.52. The summed E-state index contributed by atoms with van der Waals surface area (Å²) in [7, 11) is -7.52. The molecule has 0 saturated heterocycles. The van der Waals surface area contributed by atoms with Crippen molar-refractivity contribution in [3.63, 3.8) is 0 Å². The van der Waals surface area contributed by atoms with Crippen molar-refractivity contribution in [2.45, 2.75) is 23.6 Å². The zero-order valence-electron chi connectivity index (χ0n) is 15.4. The van der Waals surface area contributed by atoms with Crippen LogP contribution < -0.4 is 9.44 Å². The lowest BCUT2D eigenvalue weighted by Gasteiger charge is -2.12. The number of anilines is 2. The summed E-state index contributed by atoms with van der Waals surface area (Å²) in [6.45, 7) is 3.76. The van der Waals surface area contributed by atoms with E-state index in [4.69, 9.17) is 0 Å². The topological polar surface area (TPSA) is 92.3 Å². The highest BCUT2D eigenvalue weighted by atomic mass is 32.2. The Morgan fingerprint density at radius 2 is 1.21 bits per heavy atom. The Morgan fingerprint density at radius 3 is 1.82 bits per heavy atom. The molecule has 0 bridgehead atoms. The van der Waals surface area contributed by atoms with Crippen molar-refractivity contribution in [1.82, 2.24) is 0 Å². The zero-order chi connectivity index (χ0) is 20.4. The highest BCUT2D eigenvalue weighted by Crippen LogP contribution is 2.22. The SMILES string of the molecule is Cc1ccc(NS(=O)(=O)c2ccc(NS(=O)(=O)c3ccccc3)cc2)c(C)c1. The van der Waals surface area contributed by atoms with Gasteiger partial charge < -0.3 is 0 Å². The predicted molar refractivity (Wildman–Crippen MR) is 110 cm³/mol. The number of benzene rings is 3.